The lowest BCUT2D eigenvalue weighted by atomic mass is 10.0. The number of methoxy groups -OCH3 is 1. The Morgan fingerprint density at radius 1 is 0.895 bits per heavy atom. The molecule has 0 aliphatic rings. The lowest BCUT2D eigenvalue weighted by Gasteiger charge is -2.05. The molecular formula is C16H13NO2. The van der Waals surface area contributed by atoms with E-state index in [2.05, 4.69) is 17.3 Å². The Balaban J connectivity index is 1.98. The zero-order chi connectivity index (χ0) is 13.1. The van der Waals surface area contributed by atoms with E-state index in [0.29, 0.717) is 0 Å². The molecule has 0 fully saturated rings. The topological polar surface area (TPSA) is 35.3 Å². The highest BCUT2D eigenvalue weighted by atomic mass is 16.5. The summed E-state index contributed by atoms with van der Waals surface area (Å²) in [6.07, 6.45) is 1.58. The Morgan fingerprint density at radius 3 is 2.37 bits per heavy atom. The van der Waals surface area contributed by atoms with E-state index in [0.717, 1.165) is 28.1 Å². The van der Waals surface area contributed by atoms with Crippen LogP contribution in [0.3, 0.4) is 0 Å². The predicted molar refractivity (Wildman–Crippen MR) is 73.9 cm³/mol. The monoisotopic (exact) mass is 251 g/mol. The first-order chi connectivity index (χ1) is 9.36. The van der Waals surface area contributed by atoms with Crippen LogP contribution in [-0.4, -0.2) is 12.3 Å². The van der Waals surface area contributed by atoms with E-state index in [-0.39, 0.29) is 0 Å². The SMILES string of the molecule is COc1ccc(-c2cccc(-c3ccon3)c2)cc1. The number of hydrogen-bond acceptors (Lipinski definition) is 3. The summed E-state index contributed by atoms with van der Waals surface area (Å²) in [4.78, 5) is 0. The van der Waals surface area contributed by atoms with E-state index >= 15 is 0 Å². The molecule has 0 unspecified atom stereocenters. The molecule has 3 aromatic rings. The standard InChI is InChI=1S/C16H13NO2/c1-18-15-7-5-12(6-8-15)13-3-2-4-14(11-13)16-9-10-19-17-16/h2-11H,1H3. The van der Waals surface area contributed by atoms with Gasteiger partial charge in [-0.15, -0.1) is 0 Å². The molecule has 0 radical (unpaired) electrons. The summed E-state index contributed by atoms with van der Waals surface area (Å²) in [6, 6.07) is 18.1. The van der Waals surface area contributed by atoms with Crippen molar-refractivity contribution in [3.05, 3.63) is 60.9 Å². The van der Waals surface area contributed by atoms with Gasteiger partial charge in [-0.2, -0.15) is 0 Å². The summed E-state index contributed by atoms with van der Waals surface area (Å²) >= 11 is 0. The Labute approximate surface area is 111 Å². The van der Waals surface area contributed by atoms with Crippen molar-refractivity contribution in [3.8, 4) is 28.1 Å². The molecule has 1 heterocycles. The van der Waals surface area contributed by atoms with Crippen molar-refractivity contribution >= 4 is 0 Å². The Morgan fingerprint density at radius 2 is 1.68 bits per heavy atom. The van der Waals surface area contributed by atoms with Gasteiger partial charge in [0.2, 0.25) is 0 Å². The van der Waals surface area contributed by atoms with Gasteiger partial charge in [-0.25, -0.2) is 0 Å². The summed E-state index contributed by atoms with van der Waals surface area (Å²) in [5.41, 5.74) is 4.17. The Kier molecular flexibility index (Phi) is 3.02. The lowest BCUT2D eigenvalue weighted by molar-refractivity contribution is 0.415. The van der Waals surface area contributed by atoms with Crippen LogP contribution in [0.25, 0.3) is 22.4 Å². The van der Waals surface area contributed by atoms with Crippen LogP contribution in [0.1, 0.15) is 0 Å². The highest BCUT2D eigenvalue weighted by Crippen LogP contribution is 2.26. The Hall–Kier alpha value is -2.55. The molecule has 0 amide bonds. The van der Waals surface area contributed by atoms with Crippen LogP contribution in [-0.2, 0) is 0 Å². The fraction of sp³-hybridized carbons (Fsp3) is 0.0625. The van der Waals surface area contributed by atoms with Gasteiger partial charge < -0.3 is 9.26 Å². The zero-order valence-corrected chi connectivity index (χ0v) is 10.5. The maximum Gasteiger partial charge on any atom is 0.124 e. The highest BCUT2D eigenvalue weighted by molar-refractivity contribution is 5.71. The third-order valence-corrected chi connectivity index (χ3v) is 3.02. The second-order valence-electron chi connectivity index (χ2n) is 4.19. The molecule has 0 aliphatic carbocycles. The summed E-state index contributed by atoms with van der Waals surface area (Å²) in [5, 5.41) is 3.95. The first-order valence-corrected chi connectivity index (χ1v) is 6.02. The molecule has 3 heteroatoms. The van der Waals surface area contributed by atoms with E-state index in [1.165, 1.54) is 0 Å². The number of hydrogen-bond donors (Lipinski definition) is 0. The van der Waals surface area contributed by atoms with Crippen molar-refractivity contribution in [1.29, 1.82) is 0 Å². The second-order valence-corrected chi connectivity index (χ2v) is 4.19. The van der Waals surface area contributed by atoms with E-state index in [4.69, 9.17) is 9.26 Å². The van der Waals surface area contributed by atoms with Crippen LogP contribution in [0.2, 0.25) is 0 Å². The van der Waals surface area contributed by atoms with Gasteiger partial charge in [-0.3, -0.25) is 0 Å². The number of aromatic nitrogens is 1. The van der Waals surface area contributed by atoms with Crippen molar-refractivity contribution < 1.29 is 9.26 Å². The largest absolute Gasteiger partial charge is 0.497 e. The van der Waals surface area contributed by atoms with Gasteiger partial charge in [0.25, 0.3) is 0 Å². The average molecular weight is 251 g/mol. The van der Waals surface area contributed by atoms with Gasteiger partial charge in [-0.05, 0) is 29.3 Å². The lowest BCUT2D eigenvalue weighted by Crippen LogP contribution is -1.84. The normalized spacial score (nSPS) is 10.4. The predicted octanol–water partition coefficient (Wildman–Crippen LogP) is 4.02. The maximum absolute atomic E-state index is 5.17. The van der Waals surface area contributed by atoms with Crippen molar-refractivity contribution in [2.75, 3.05) is 7.11 Å². The molecule has 1 aromatic heterocycles. The molecule has 3 nitrogen and oxygen atoms in total. The first kappa shape index (κ1) is 11.5. The minimum atomic E-state index is 0.843. The maximum atomic E-state index is 5.17. The van der Waals surface area contributed by atoms with Gasteiger partial charge >= 0.3 is 0 Å². The van der Waals surface area contributed by atoms with Crippen molar-refractivity contribution in [2.24, 2.45) is 0 Å². The van der Waals surface area contributed by atoms with Gasteiger partial charge in [0.1, 0.15) is 17.7 Å². The molecule has 19 heavy (non-hydrogen) atoms. The van der Waals surface area contributed by atoms with E-state index < -0.39 is 0 Å². The second kappa shape index (κ2) is 4.98. The van der Waals surface area contributed by atoms with Gasteiger partial charge in [0, 0.05) is 11.6 Å². The van der Waals surface area contributed by atoms with Crippen LogP contribution < -0.4 is 4.74 Å². The number of nitrogens with zero attached hydrogens (tertiary/aromatic N) is 1. The summed E-state index contributed by atoms with van der Waals surface area (Å²) < 4.78 is 10.0. The van der Waals surface area contributed by atoms with Crippen LogP contribution in [0.15, 0.2) is 65.4 Å². The van der Waals surface area contributed by atoms with Gasteiger partial charge in [0.05, 0.1) is 7.11 Å². The van der Waals surface area contributed by atoms with E-state index in [9.17, 15) is 0 Å². The van der Waals surface area contributed by atoms with E-state index in [1.54, 1.807) is 13.4 Å². The molecule has 3 rings (SSSR count). The molecule has 94 valence electrons. The smallest absolute Gasteiger partial charge is 0.124 e. The van der Waals surface area contributed by atoms with Crippen LogP contribution in [0.4, 0.5) is 0 Å². The van der Waals surface area contributed by atoms with Crippen molar-refractivity contribution in [1.82, 2.24) is 5.16 Å². The summed E-state index contributed by atoms with van der Waals surface area (Å²) in [7, 11) is 1.67. The van der Waals surface area contributed by atoms with Crippen molar-refractivity contribution in [2.45, 2.75) is 0 Å². The average Bonchev–Trinajstić information content (AvgIpc) is 3.02. The molecule has 0 saturated heterocycles. The zero-order valence-electron chi connectivity index (χ0n) is 10.5. The number of ether oxygens (including phenoxy) is 1. The molecule has 0 bridgehead atoms. The quantitative estimate of drug-likeness (QED) is 0.705. The van der Waals surface area contributed by atoms with Crippen LogP contribution >= 0.6 is 0 Å². The minimum Gasteiger partial charge on any atom is -0.497 e. The number of benzene rings is 2. The minimum absolute atomic E-state index is 0.843. The molecule has 0 saturated carbocycles. The highest BCUT2D eigenvalue weighted by Gasteiger charge is 2.04. The van der Waals surface area contributed by atoms with Gasteiger partial charge in [0.15, 0.2) is 0 Å². The Bertz CT molecular complexity index is 657. The molecular weight excluding hydrogens is 238 g/mol. The number of rotatable bonds is 3. The van der Waals surface area contributed by atoms with Crippen molar-refractivity contribution in [3.63, 3.8) is 0 Å². The summed E-state index contributed by atoms with van der Waals surface area (Å²) in [5.74, 6) is 0.858. The molecule has 0 atom stereocenters. The van der Waals surface area contributed by atoms with Gasteiger partial charge in [-0.1, -0.05) is 35.5 Å². The molecule has 2 aromatic carbocycles. The third-order valence-electron chi connectivity index (χ3n) is 3.02. The molecule has 0 spiro atoms. The molecule has 0 N–H and O–H groups in total. The fourth-order valence-corrected chi connectivity index (χ4v) is 2.00. The van der Waals surface area contributed by atoms with Crippen LogP contribution in [0, 0.1) is 0 Å². The first-order valence-electron chi connectivity index (χ1n) is 6.02. The fourth-order valence-electron chi connectivity index (χ4n) is 2.00. The summed E-state index contributed by atoms with van der Waals surface area (Å²) in [6.45, 7) is 0. The van der Waals surface area contributed by atoms with E-state index in [1.807, 2.05) is 42.5 Å². The molecule has 0 aliphatic heterocycles. The van der Waals surface area contributed by atoms with Crippen LogP contribution in [0.5, 0.6) is 5.75 Å². The third kappa shape index (κ3) is 2.36.